The predicted octanol–water partition coefficient (Wildman–Crippen LogP) is 7.40. The number of fused-ring (bicyclic) bond motifs is 3. The second-order valence-corrected chi connectivity index (χ2v) is 10.7. The zero-order valence-electron chi connectivity index (χ0n) is 22.0. The molecule has 0 aliphatic carbocycles. The first-order chi connectivity index (χ1) is 18.7. The molecule has 2 saturated heterocycles. The lowest BCUT2D eigenvalue weighted by atomic mass is 9.83. The highest BCUT2D eigenvalue weighted by atomic mass is 16.5. The molecule has 4 aromatic rings. The number of hydrogen-bond donors (Lipinski definition) is 0. The summed E-state index contributed by atoms with van der Waals surface area (Å²) in [7, 11) is 1.71. The molecule has 0 spiro atoms. The molecule has 3 heterocycles. The van der Waals surface area contributed by atoms with Gasteiger partial charge in [-0.2, -0.15) is 0 Å². The summed E-state index contributed by atoms with van der Waals surface area (Å²) in [6.45, 7) is 4.57. The van der Waals surface area contributed by atoms with Crippen molar-refractivity contribution in [2.24, 2.45) is 0 Å². The Kier molecular flexibility index (Phi) is 5.76. The molecule has 192 valence electrons. The third-order valence-corrected chi connectivity index (χ3v) is 8.52. The van der Waals surface area contributed by atoms with Crippen LogP contribution in [0.5, 0.6) is 11.5 Å². The first-order valence-corrected chi connectivity index (χ1v) is 13.9. The van der Waals surface area contributed by atoms with Gasteiger partial charge in [-0.3, -0.25) is 0 Å². The van der Waals surface area contributed by atoms with Crippen LogP contribution in [-0.2, 0) is 5.60 Å². The molecule has 0 atom stereocenters. The molecule has 4 nitrogen and oxygen atoms in total. The van der Waals surface area contributed by atoms with Gasteiger partial charge in [-0.15, -0.1) is 0 Å². The molecule has 4 aromatic carbocycles. The van der Waals surface area contributed by atoms with Gasteiger partial charge >= 0.3 is 0 Å². The van der Waals surface area contributed by atoms with Crippen molar-refractivity contribution in [3.8, 4) is 11.5 Å². The third kappa shape index (κ3) is 3.91. The molecule has 0 aromatic heterocycles. The van der Waals surface area contributed by atoms with Crippen LogP contribution in [0.15, 0.2) is 84.9 Å². The number of ether oxygens (including phenoxy) is 2. The molecule has 0 amide bonds. The number of nitrogens with zero attached hydrogens (tertiary/aromatic N) is 2. The summed E-state index contributed by atoms with van der Waals surface area (Å²) >= 11 is 0. The molecule has 0 saturated carbocycles. The van der Waals surface area contributed by atoms with Crippen molar-refractivity contribution in [1.29, 1.82) is 0 Å². The van der Waals surface area contributed by atoms with E-state index in [0.717, 1.165) is 59.8 Å². The average Bonchev–Trinajstić information content (AvgIpc) is 3.72. The van der Waals surface area contributed by atoms with E-state index in [0.29, 0.717) is 0 Å². The van der Waals surface area contributed by atoms with E-state index in [4.69, 9.17) is 9.47 Å². The highest BCUT2D eigenvalue weighted by molar-refractivity contribution is 5.95. The van der Waals surface area contributed by atoms with Gasteiger partial charge in [0.1, 0.15) is 11.5 Å². The molecule has 7 rings (SSSR count). The monoisotopic (exact) mass is 502 g/mol. The molecule has 0 unspecified atom stereocenters. The highest BCUT2D eigenvalue weighted by Gasteiger charge is 2.37. The minimum Gasteiger partial charge on any atom is -0.497 e. The molecule has 0 radical (unpaired) electrons. The lowest BCUT2D eigenvalue weighted by Crippen LogP contribution is -2.34. The molecule has 3 aliphatic rings. The fraction of sp³-hybridized carbons (Fsp3) is 0.294. The molecule has 2 fully saturated rings. The minimum absolute atomic E-state index is 0.702. The summed E-state index contributed by atoms with van der Waals surface area (Å²) in [5.41, 5.74) is 5.27. The van der Waals surface area contributed by atoms with Crippen LogP contribution in [0.1, 0.15) is 42.4 Å². The van der Waals surface area contributed by atoms with Gasteiger partial charge in [-0.05, 0) is 91.1 Å². The summed E-state index contributed by atoms with van der Waals surface area (Å²) in [6.07, 6.45) is 9.58. The van der Waals surface area contributed by atoms with Crippen molar-refractivity contribution < 1.29 is 9.47 Å². The fourth-order valence-electron chi connectivity index (χ4n) is 6.37. The van der Waals surface area contributed by atoms with E-state index in [9.17, 15) is 0 Å². The van der Waals surface area contributed by atoms with Crippen molar-refractivity contribution >= 4 is 28.2 Å². The zero-order valence-corrected chi connectivity index (χ0v) is 22.0. The maximum absolute atomic E-state index is 7.05. The quantitative estimate of drug-likeness (QED) is 0.284. The molecule has 4 heteroatoms. The van der Waals surface area contributed by atoms with Crippen LogP contribution >= 0.6 is 0 Å². The smallest absolute Gasteiger partial charge is 0.178 e. The largest absolute Gasteiger partial charge is 0.497 e. The lowest BCUT2D eigenvalue weighted by molar-refractivity contribution is 0.161. The van der Waals surface area contributed by atoms with Gasteiger partial charge in [-0.25, -0.2) is 0 Å². The second kappa shape index (κ2) is 9.43. The van der Waals surface area contributed by atoms with Crippen LogP contribution in [0.3, 0.4) is 0 Å². The van der Waals surface area contributed by atoms with Crippen molar-refractivity contribution in [3.05, 3.63) is 102 Å². The second-order valence-electron chi connectivity index (χ2n) is 10.7. The van der Waals surface area contributed by atoms with Gasteiger partial charge in [-0.1, -0.05) is 36.4 Å². The van der Waals surface area contributed by atoms with Crippen LogP contribution in [0, 0.1) is 0 Å². The lowest BCUT2D eigenvalue weighted by Gasteiger charge is -2.37. The molecule has 0 bridgehead atoms. The maximum atomic E-state index is 7.05. The Morgan fingerprint density at radius 3 is 1.79 bits per heavy atom. The number of benzene rings is 4. The Hall–Kier alpha value is -3.92. The minimum atomic E-state index is -0.702. The van der Waals surface area contributed by atoms with Crippen molar-refractivity contribution in [3.63, 3.8) is 0 Å². The third-order valence-electron chi connectivity index (χ3n) is 8.52. The Labute approximate surface area is 225 Å². The Balaban J connectivity index is 1.33. The average molecular weight is 503 g/mol. The van der Waals surface area contributed by atoms with Gasteiger partial charge in [0.15, 0.2) is 5.60 Å². The number of methoxy groups -OCH3 is 1. The highest BCUT2D eigenvalue weighted by Crippen LogP contribution is 2.45. The number of rotatable bonds is 5. The first kappa shape index (κ1) is 23.2. The SMILES string of the molecule is COc1ccc2ccc3c(c2c1)C=CC(c1ccc(N2CCCC2)cc1)(c1ccc(N2CCCC2)cc1)O3. The van der Waals surface area contributed by atoms with E-state index < -0.39 is 5.60 Å². The topological polar surface area (TPSA) is 24.9 Å². The van der Waals surface area contributed by atoms with Crippen LogP contribution in [0.4, 0.5) is 11.4 Å². The molecular formula is C34H34N2O2. The summed E-state index contributed by atoms with van der Waals surface area (Å²) in [4.78, 5) is 4.96. The zero-order chi connectivity index (χ0) is 25.5. The summed E-state index contributed by atoms with van der Waals surface area (Å²) in [5.74, 6) is 1.74. The van der Waals surface area contributed by atoms with Crippen LogP contribution in [0.25, 0.3) is 16.8 Å². The van der Waals surface area contributed by atoms with Crippen LogP contribution < -0.4 is 19.3 Å². The molecule has 0 N–H and O–H groups in total. The first-order valence-electron chi connectivity index (χ1n) is 13.9. The van der Waals surface area contributed by atoms with Gasteiger partial charge in [0.2, 0.25) is 0 Å². The summed E-state index contributed by atoms with van der Waals surface area (Å²) in [5, 5.41) is 2.32. The van der Waals surface area contributed by atoms with E-state index >= 15 is 0 Å². The van der Waals surface area contributed by atoms with Crippen molar-refractivity contribution in [2.75, 3.05) is 43.1 Å². The van der Waals surface area contributed by atoms with Gasteiger partial charge in [0.05, 0.1) is 7.11 Å². The van der Waals surface area contributed by atoms with E-state index in [1.165, 1.54) is 42.4 Å². The number of anilines is 2. The summed E-state index contributed by atoms with van der Waals surface area (Å²) in [6, 6.07) is 28.5. The molecule has 3 aliphatic heterocycles. The van der Waals surface area contributed by atoms with Crippen LogP contribution in [-0.4, -0.2) is 33.3 Å². The summed E-state index contributed by atoms with van der Waals surface area (Å²) < 4.78 is 12.6. The van der Waals surface area contributed by atoms with Crippen LogP contribution in [0.2, 0.25) is 0 Å². The number of hydrogen-bond acceptors (Lipinski definition) is 4. The van der Waals surface area contributed by atoms with Gasteiger partial charge in [0, 0.05) is 54.2 Å². The van der Waals surface area contributed by atoms with E-state index in [-0.39, 0.29) is 0 Å². The standard InChI is InChI=1S/C34H34N2O2/c1-37-30-16-6-25-7-17-33-31(32(25)24-30)18-19-34(38-33,26-8-12-28(13-9-26)35-20-2-3-21-35)27-10-14-29(15-11-27)36-22-4-5-23-36/h6-19,24H,2-5,20-23H2,1H3. The Bertz CT molecular complexity index is 1420. The van der Waals surface area contributed by atoms with Crippen molar-refractivity contribution in [2.45, 2.75) is 31.3 Å². The van der Waals surface area contributed by atoms with E-state index in [1.807, 2.05) is 6.07 Å². The predicted molar refractivity (Wildman–Crippen MR) is 157 cm³/mol. The Morgan fingerprint density at radius 1 is 0.684 bits per heavy atom. The van der Waals surface area contributed by atoms with Gasteiger partial charge in [0.25, 0.3) is 0 Å². The maximum Gasteiger partial charge on any atom is 0.178 e. The Morgan fingerprint density at radius 2 is 1.24 bits per heavy atom. The normalized spacial score (nSPS) is 18.0. The van der Waals surface area contributed by atoms with Gasteiger partial charge < -0.3 is 19.3 Å². The molecular weight excluding hydrogens is 468 g/mol. The van der Waals surface area contributed by atoms with E-state index in [2.05, 4.69) is 94.7 Å². The van der Waals surface area contributed by atoms with E-state index in [1.54, 1.807) is 7.11 Å². The fourth-order valence-corrected chi connectivity index (χ4v) is 6.37. The van der Waals surface area contributed by atoms with Crippen molar-refractivity contribution in [1.82, 2.24) is 0 Å². The molecule has 38 heavy (non-hydrogen) atoms.